The summed E-state index contributed by atoms with van der Waals surface area (Å²) in [6, 6.07) is 18.4. The number of anilines is 1. The number of aliphatic carboxylic acids is 1. The average Bonchev–Trinajstić information content (AvgIpc) is 3.48. The van der Waals surface area contributed by atoms with Gasteiger partial charge in [-0.05, 0) is 47.4 Å². The second-order valence-electron chi connectivity index (χ2n) is 10.9. The van der Waals surface area contributed by atoms with Gasteiger partial charge in [0.2, 0.25) is 0 Å². The highest BCUT2D eigenvalue weighted by Crippen LogP contribution is 2.45. The Labute approximate surface area is 241 Å². The van der Waals surface area contributed by atoms with Crippen molar-refractivity contribution in [2.45, 2.75) is 38.4 Å². The Morgan fingerprint density at radius 1 is 1.00 bits per heavy atom. The zero-order chi connectivity index (χ0) is 29.7. The number of aromatic nitrogens is 1. The fourth-order valence-electron chi connectivity index (χ4n) is 6.02. The van der Waals surface area contributed by atoms with Crippen LogP contribution >= 0.6 is 0 Å². The van der Waals surface area contributed by atoms with Gasteiger partial charge in [-0.2, -0.15) is 0 Å². The van der Waals surface area contributed by atoms with Crippen molar-refractivity contribution >= 4 is 40.4 Å². The van der Waals surface area contributed by atoms with Gasteiger partial charge in [0.25, 0.3) is 11.8 Å². The van der Waals surface area contributed by atoms with E-state index in [0.717, 1.165) is 32.6 Å². The first kappa shape index (κ1) is 27.1. The molecular weight excluding hydrogens is 536 g/mol. The van der Waals surface area contributed by atoms with Crippen molar-refractivity contribution < 1.29 is 29.0 Å². The number of carboxylic acids is 1. The van der Waals surface area contributed by atoms with Crippen LogP contribution in [-0.2, 0) is 16.0 Å². The van der Waals surface area contributed by atoms with Crippen LogP contribution in [0.15, 0.2) is 72.8 Å². The van der Waals surface area contributed by atoms with Crippen molar-refractivity contribution in [1.82, 2.24) is 15.2 Å². The molecule has 6 rings (SSSR count). The van der Waals surface area contributed by atoms with Crippen molar-refractivity contribution in [1.29, 1.82) is 0 Å². The second-order valence-corrected chi connectivity index (χ2v) is 10.9. The molecule has 3 aromatic carbocycles. The van der Waals surface area contributed by atoms with Gasteiger partial charge in [0, 0.05) is 23.0 Å². The quantitative estimate of drug-likeness (QED) is 0.282. The normalized spacial score (nSPS) is 18.7. The van der Waals surface area contributed by atoms with Crippen LogP contribution in [0.25, 0.3) is 10.9 Å². The molecule has 10 heteroatoms. The molecule has 4 amide bonds. The van der Waals surface area contributed by atoms with E-state index in [1.165, 1.54) is 12.1 Å². The highest BCUT2D eigenvalue weighted by atomic mass is 16.5. The van der Waals surface area contributed by atoms with Gasteiger partial charge in [-0.15, -0.1) is 0 Å². The Hall–Kier alpha value is -5.12. The Balaban J connectivity index is 1.44. The highest BCUT2D eigenvalue weighted by molar-refractivity contribution is 6.24. The molecule has 3 heterocycles. The summed E-state index contributed by atoms with van der Waals surface area (Å²) >= 11 is 0. The minimum Gasteiger partial charge on any atom is -0.497 e. The SMILES string of the molecule is COc1ccc([C@H]2c3[nH]c4ccccc4c3C[C@H]3C(=O)N(c4ccccc4C(=O)N[C@H](C(=O)O)C(C)C)C(=O)N23)cc1. The smallest absolute Gasteiger partial charge is 0.332 e. The molecule has 0 unspecified atom stereocenters. The van der Waals surface area contributed by atoms with Gasteiger partial charge in [0.1, 0.15) is 23.9 Å². The van der Waals surface area contributed by atoms with E-state index in [4.69, 9.17) is 4.74 Å². The maximum absolute atomic E-state index is 14.3. The predicted molar refractivity (Wildman–Crippen MR) is 156 cm³/mol. The molecule has 4 aromatic rings. The average molecular weight is 567 g/mol. The van der Waals surface area contributed by atoms with Crippen LogP contribution in [0.1, 0.15) is 47.1 Å². The largest absolute Gasteiger partial charge is 0.497 e. The summed E-state index contributed by atoms with van der Waals surface area (Å²) < 4.78 is 5.34. The highest BCUT2D eigenvalue weighted by Gasteiger charge is 2.53. The molecule has 2 aliphatic rings. The monoisotopic (exact) mass is 566 g/mol. The molecular formula is C32H30N4O6. The van der Waals surface area contributed by atoms with Gasteiger partial charge >= 0.3 is 12.0 Å². The number of carboxylic acid groups (broad SMARTS) is 1. The Kier molecular flexibility index (Phi) is 6.68. The lowest BCUT2D eigenvalue weighted by molar-refractivity contribution is -0.140. The number of ether oxygens (including phenoxy) is 1. The van der Waals surface area contributed by atoms with Crippen molar-refractivity contribution in [2.24, 2.45) is 5.92 Å². The van der Waals surface area contributed by atoms with Crippen LogP contribution in [0, 0.1) is 5.92 Å². The maximum atomic E-state index is 14.3. The minimum absolute atomic E-state index is 0.0379. The topological polar surface area (TPSA) is 132 Å². The molecule has 1 saturated heterocycles. The molecule has 10 nitrogen and oxygen atoms in total. The first-order valence-corrected chi connectivity index (χ1v) is 13.7. The molecule has 2 aliphatic heterocycles. The number of imide groups is 1. The van der Waals surface area contributed by atoms with Crippen LogP contribution in [0.2, 0.25) is 0 Å². The lowest BCUT2D eigenvalue weighted by Crippen LogP contribution is -2.45. The number of carbonyl (C=O) groups is 4. The number of methoxy groups -OCH3 is 1. The second kappa shape index (κ2) is 10.4. The van der Waals surface area contributed by atoms with E-state index >= 15 is 0 Å². The molecule has 1 aromatic heterocycles. The lowest BCUT2D eigenvalue weighted by atomic mass is 9.89. The number of urea groups is 1. The molecule has 0 aliphatic carbocycles. The van der Waals surface area contributed by atoms with Gasteiger partial charge in [-0.25, -0.2) is 14.5 Å². The number of hydrogen-bond donors (Lipinski definition) is 3. The molecule has 214 valence electrons. The van der Waals surface area contributed by atoms with Crippen LogP contribution in [-0.4, -0.2) is 58.0 Å². The predicted octanol–water partition coefficient (Wildman–Crippen LogP) is 4.50. The summed E-state index contributed by atoms with van der Waals surface area (Å²) in [5, 5.41) is 13.1. The molecule has 42 heavy (non-hydrogen) atoms. The molecule has 0 spiro atoms. The number of nitrogens with zero attached hydrogens (tertiary/aromatic N) is 2. The summed E-state index contributed by atoms with van der Waals surface area (Å²) in [6.07, 6.45) is 0.301. The number of benzene rings is 3. The molecule has 0 saturated carbocycles. The number of para-hydroxylation sites is 2. The van der Waals surface area contributed by atoms with E-state index in [2.05, 4.69) is 10.3 Å². The molecule has 0 radical (unpaired) electrons. The third-order valence-electron chi connectivity index (χ3n) is 8.09. The number of carbonyl (C=O) groups excluding carboxylic acids is 3. The number of rotatable bonds is 7. The lowest BCUT2D eigenvalue weighted by Gasteiger charge is -2.36. The molecule has 1 fully saturated rings. The first-order valence-electron chi connectivity index (χ1n) is 13.7. The van der Waals surface area contributed by atoms with Crippen molar-refractivity contribution in [3.63, 3.8) is 0 Å². The molecule has 3 N–H and O–H groups in total. The summed E-state index contributed by atoms with van der Waals surface area (Å²) in [4.78, 5) is 59.6. The maximum Gasteiger partial charge on any atom is 0.332 e. The number of H-pyrrole nitrogens is 1. The van der Waals surface area contributed by atoms with E-state index in [9.17, 15) is 24.3 Å². The fourth-order valence-corrected chi connectivity index (χ4v) is 6.02. The summed E-state index contributed by atoms with van der Waals surface area (Å²) in [5.41, 5.74) is 3.64. The van der Waals surface area contributed by atoms with Gasteiger partial charge in [0.05, 0.1) is 18.4 Å². The summed E-state index contributed by atoms with van der Waals surface area (Å²) in [5.74, 6) is -2.02. The fraction of sp³-hybridized carbons (Fsp3) is 0.250. The number of amides is 4. The van der Waals surface area contributed by atoms with Gasteiger partial charge in [0.15, 0.2) is 0 Å². The number of hydrogen-bond acceptors (Lipinski definition) is 5. The third kappa shape index (κ3) is 4.27. The Morgan fingerprint density at radius 2 is 1.69 bits per heavy atom. The van der Waals surface area contributed by atoms with E-state index in [0.29, 0.717) is 12.2 Å². The number of aromatic amines is 1. The van der Waals surface area contributed by atoms with Crippen molar-refractivity contribution in [2.75, 3.05) is 12.0 Å². The molecule has 0 bridgehead atoms. The van der Waals surface area contributed by atoms with Crippen LogP contribution in [0.3, 0.4) is 0 Å². The van der Waals surface area contributed by atoms with Gasteiger partial charge in [-0.1, -0.05) is 56.3 Å². The van der Waals surface area contributed by atoms with E-state index in [1.807, 2.05) is 48.5 Å². The Bertz CT molecular complexity index is 1730. The van der Waals surface area contributed by atoms with E-state index in [1.54, 1.807) is 38.0 Å². The number of nitrogens with one attached hydrogen (secondary N) is 2. The van der Waals surface area contributed by atoms with E-state index < -0.39 is 41.9 Å². The minimum atomic E-state index is -1.17. The van der Waals surface area contributed by atoms with E-state index in [-0.39, 0.29) is 17.2 Å². The van der Waals surface area contributed by atoms with Crippen LogP contribution in [0.4, 0.5) is 10.5 Å². The van der Waals surface area contributed by atoms with Gasteiger partial charge < -0.3 is 20.1 Å². The van der Waals surface area contributed by atoms with Crippen LogP contribution in [0.5, 0.6) is 5.75 Å². The van der Waals surface area contributed by atoms with Crippen molar-refractivity contribution in [3.8, 4) is 5.75 Å². The molecule has 3 atom stereocenters. The summed E-state index contributed by atoms with van der Waals surface area (Å²) in [6.45, 7) is 3.38. The van der Waals surface area contributed by atoms with Crippen molar-refractivity contribution in [3.05, 3.63) is 95.2 Å². The standard InChI is InChI=1S/C32H30N4O6/c1-17(2)26(31(39)40)34-29(37)21-9-5-7-11-24(21)36-30(38)25-16-22-20-8-4-6-10-23(20)33-27(22)28(35(25)32(36)41)18-12-14-19(42-3)15-13-18/h4-15,17,25-26,28,33H,16H2,1-3H3,(H,34,37)(H,39,40)/t25-,26-,28-/m0/s1. The number of fused-ring (bicyclic) bond motifs is 4. The third-order valence-corrected chi connectivity index (χ3v) is 8.09. The zero-order valence-electron chi connectivity index (χ0n) is 23.3. The van der Waals surface area contributed by atoms with Crippen LogP contribution < -0.4 is 15.0 Å². The Morgan fingerprint density at radius 3 is 2.38 bits per heavy atom. The van der Waals surface area contributed by atoms with Gasteiger partial charge in [-0.3, -0.25) is 14.5 Å². The summed E-state index contributed by atoms with van der Waals surface area (Å²) in [7, 11) is 1.58. The first-order chi connectivity index (χ1) is 20.2. The zero-order valence-corrected chi connectivity index (χ0v) is 23.3.